The van der Waals surface area contributed by atoms with Gasteiger partial charge in [-0.05, 0) is 24.5 Å². The Labute approximate surface area is 115 Å². The Morgan fingerprint density at radius 1 is 1.37 bits per heavy atom. The van der Waals surface area contributed by atoms with Crippen LogP contribution in [0.15, 0.2) is 24.3 Å². The fourth-order valence-electron chi connectivity index (χ4n) is 2.33. The Hall–Kier alpha value is -1.10. The molecule has 1 aromatic carbocycles. The fraction of sp³-hybridized carbons (Fsp3) is 0.600. The van der Waals surface area contributed by atoms with E-state index in [1.165, 1.54) is 24.1 Å². The molecule has 0 unspecified atom stereocenters. The zero-order valence-electron chi connectivity index (χ0n) is 11.6. The van der Waals surface area contributed by atoms with Crippen molar-refractivity contribution in [2.45, 2.75) is 25.4 Å². The van der Waals surface area contributed by atoms with E-state index in [1.807, 2.05) is 0 Å². The maximum Gasteiger partial charge on any atom is 0.0606 e. The smallest absolute Gasteiger partial charge is 0.0606 e. The van der Waals surface area contributed by atoms with Gasteiger partial charge in [0.15, 0.2) is 0 Å². The lowest BCUT2D eigenvalue weighted by Gasteiger charge is -2.26. The van der Waals surface area contributed by atoms with Crippen LogP contribution >= 0.6 is 0 Å². The van der Waals surface area contributed by atoms with Crippen molar-refractivity contribution in [1.29, 1.82) is 0 Å². The van der Waals surface area contributed by atoms with Gasteiger partial charge in [-0.25, -0.2) is 0 Å². The average molecular weight is 264 g/mol. The molecule has 0 saturated heterocycles. The summed E-state index contributed by atoms with van der Waals surface area (Å²) < 4.78 is 5.04. The first-order valence-electron chi connectivity index (χ1n) is 7.02. The minimum absolute atomic E-state index is 0.210. The Morgan fingerprint density at radius 2 is 2.16 bits per heavy atom. The van der Waals surface area contributed by atoms with Crippen molar-refractivity contribution in [1.82, 2.24) is 5.32 Å². The molecule has 1 aliphatic carbocycles. The summed E-state index contributed by atoms with van der Waals surface area (Å²) in [5, 5.41) is 12.6. The Kier molecular flexibility index (Phi) is 5.63. The first-order chi connectivity index (χ1) is 9.36. The van der Waals surface area contributed by atoms with Crippen LogP contribution in [-0.4, -0.2) is 44.6 Å². The first-order valence-corrected chi connectivity index (χ1v) is 7.02. The number of ether oxygens (including phenoxy) is 1. The van der Waals surface area contributed by atoms with Crippen molar-refractivity contribution in [3.05, 3.63) is 29.8 Å². The maximum absolute atomic E-state index is 9.24. The minimum atomic E-state index is 0.210. The second kappa shape index (κ2) is 7.48. The van der Waals surface area contributed by atoms with Gasteiger partial charge in [-0.1, -0.05) is 18.2 Å². The van der Waals surface area contributed by atoms with Crippen LogP contribution in [0.1, 0.15) is 18.4 Å². The molecule has 0 amide bonds. The molecule has 0 radical (unpaired) electrons. The molecule has 0 spiro atoms. The molecule has 0 aliphatic heterocycles. The van der Waals surface area contributed by atoms with Gasteiger partial charge in [0.05, 0.1) is 13.2 Å². The summed E-state index contributed by atoms with van der Waals surface area (Å²) in [6.07, 6.45) is 2.48. The van der Waals surface area contributed by atoms with Gasteiger partial charge in [0.25, 0.3) is 0 Å². The molecule has 0 atom stereocenters. The second-order valence-electron chi connectivity index (χ2n) is 4.95. The van der Waals surface area contributed by atoms with Gasteiger partial charge in [0.1, 0.15) is 0 Å². The molecule has 2 N–H and O–H groups in total. The molecule has 4 heteroatoms. The topological polar surface area (TPSA) is 44.7 Å². The van der Waals surface area contributed by atoms with Crippen molar-refractivity contribution < 1.29 is 9.84 Å². The van der Waals surface area contributed by atoms with Crippen LogP contribution in [0, 0.1) is 0 Å². The number of methoxy groups -OCH3 is 1. The predicted molar refractivity (Wildman–Crippen MR) is 77.5 cm³/mol. The lowest BCUT2D eigenvalue weighted by atomic mass is 10.1. The zero-order valence-corrected chi connectivity index (χ0v) is 11.6. The Bertz CT molecular complexity index is 380. The van der Waals surface area contributed by atoms with Gasteiger partial charge >= 0.3 is 0 Å². The molecule has 1 saturated carbocycles. The van der Waals surface area contributed by atoms with E-state index in [1.54, 1.807) is 7.11 Å². The standard InChI is InChI=1S/C15H24N2O2/c1-19-11-8-16-12-13-4-2-3-5-15(13)17(9-10-18)14-6-7-14/h2-5,14,16,18H,6-12H2,1H3. The third kappa shape index (κ3) is 4.20. The summed E-state index contributed by atoms with van der Waals surface area (Å²) in [6.45, 7) is 3.36. The van der Waals surface area contributed by atoms with Crippen molar-refractivity contribution in [3.8, 4) is 0 Å². The number of para-hydroxylation sites is 1. The highest BCUT2D eigenvalue weighted by Crippen LogP contribution is 2.33. The van der Waals surface area contributed by atoms with E-state index in [9.17, 15) is 5.11 Å². The number of nitrogens with one attached hydrogen (secondary N) is 1. The fourth-order valence-corrected chi connectivity index (χ4v) is 2.33. The number of rotatable bonds is 9. The summed E-state index contributed by atoms with van der Waals surface area (Å²) in [7, 11) is 1.71. The number of hydrogen-bond donors (Lipinski definition) is 2. The van der Waals surface area contributed by atoms with Crippen LogP contribution in [0.3, 0.4) is 0 Å². The number of anilines is 1. The molecule has 0 heterocycles. The van der Waals surface area contributed by atoms with E-state index in [0.717, 1.165) is 26.2 Å². The van der Waals surface area contributed by atoms with Crippen molar-refractivity contribution in [3.63, 3.8) is 0 Å². The molecular formula is C15H24N2O2. The van der Waals surface area contributed by atoms with E-state index < -0.39 is 0 Å². The third-order valence-electron chi connectivity index (χ3n) is 3.43. The monoisotopic (exact) mass is 264 g/mol. The molecular weight excluding hydrogens is 240 g/mol. The van der Waals surface area contributed by atoms with Gasteiger partial charge < -0.3 is 20.1 Å². The first kappa shape index (κ1) is 14.3. The average Bonchev–Trinajstić information content (AvgIpc) is 3.26. The number of aliphatic hydroxyl groups is 1. The molecule has 106 valence electrons. The van der Waals surface area contributed by atoms with Crippen LogP contribution in [0.5, 0.6) is 0 Å². The van der Waals surface area contributed by atoms with Gasteiger partial charge in [-0.15, -0.1) is 0 Å². The number of benzene rings is 1. The largest absolute Gasteiger partial charge is 0.395 e. The second-order valence-corrected chi connectivity index (χ2v) is 4.95. The van der Waals surface area contributed by atoms with Crippen LogP contribution in [0.4, 0.5) is 5.69 Å². The normalized spacial score (nSPS) is 14.6. The lowest BCUT2D eigenvalue weighted by Crippen LogP contribution is -2.30. The highest BCUT2D eigenvalue weighted by atomic mass is 16.5. The van der Waals surface area contributed by atoms with Crippen LogP contribution in [-0.2, 0) is 11.3 Å². The zero-order chi connectivity index (χ0) is 13.5. The third-order valence-corrected chi connectivity index (χ3v) is 3.43. The summed E-state index contributed by atoms with van der Waals surface area (Å²) in [5.74, 6) is 0. The van der Waals surface area contributed by atoms with Crippen molar-refractivity contribution >= 4 is 5.69 Å². The lowest BCUT2D eigenvalue weighted by molar-refractivity contribution is 0.199. The van der Waals surface area contributed by atoms with Crippen LogP contribution in [0.2, 0.25) is 0 Å². The molecule has 2 rings (SSSR count). The Balaban J connectivity index is 2.01. The van der Waals surface area contributed by atoms with Gasteiger partial charge in [-0.2, -0.15) is 0 Å². The molecule has 4 nitrogen and oxygen atoms in total. The number of aliphatic hydroxyl groups excluding tert-OH is 1. The van der Waals surface area contributed by atoms with E-state index in [-0.39, 0.29) is 6.61 Å². The summed E-state index contributed by atoms with van der Waals surface area (Å²) in [4.78, 5) is 2.34. The Morgan fingerprint density at radius 3 is 2.84 bits per heavy atom. The van der Waals surface area contributed by atoms with Crippen molar-refractivity contribution in [2.75, 3.05) is 38.3 Å². The summed E-state index contributed by atoms with van der Waals surface area (Å²) >= 11 is 0. The molecule has 1 aliphatic rings. The van der Waals surface area contributed by atoms with Crippen LogP contribution in [0.25, 0.3) is 0 Å². The summed E-state index contributed by atoms with van der Waals surface area (Å²) in [6, 6.07) is 9.07. The summed E-state index contributed by atoms with van der Waals surface area (Å²) in [5.41, 5.74) is 2.54. The maximum atomic E-state index is 9.24. The number of hydrogen-bond acceptors (Lipinski definition) is 4. The van der Waals surface area contributed by atoms with E-state index in [2.05, 4.69) is 34.5 Å². The van der Waals surface area contributed by atoms with E-state index in [0.29, 0.717) is 6.04 Å². The quantitative estimate of drug-likeness (QED) is 0.662. The van der Waals surface area contributed by atoms with Gasteiger partial charge in [-0.3, -0.25) is 0 Å². The SMILES string of the molecule is COCCNCc1ccccc1N(CCO)C1CC1. The minimum Gasteiger partial charge on any atom is -0.395 e. The number of nitrogens with zero attached hydrogens (tertiary/aromatic N) is 1. The van der Waals surface area contributed by atoms with E-state index >= 15 is 0 Å². The molecule has 0 bridgehead atoms. The van der Waals surface area contributed by atoms with Gasteiger partial charge in [0.2, 0.25) is 0 Å². The molecule has 0 aromatic heterocycles. The van der Waals surface area contributed by atoms with Crippen molar-refractivity contribution in [2.24, 2.45) is 0 Å². The highest BCUT2D eigenvalue weighted by Gasteiger charge is 2.29. The molecule has 19 heavy (non-hydrogen) atoms. The van der Waals surface area contributed by atoms with E-state index in [4.69, 9.17) is 4.74 Å². The predicted octanol–water partition coefficient (Wildman–Crippen LogP) is 1.38. The van der Waals surface area contributed by atoms with Gasteiger partial charge in [0, 0.05) is 38.5 Å². The molecule has 1 fully saturated rings. The molecule has 1 aromatic rings. The van der Waals surface area contributed by atoms with Crippen LogP contribution < -0.4 is 10.2 Å². The highest BCUT2D eigenvalue weighted by molar-refractivity contribution is 5.55.